The summed E-state index contributed by atoms with van der Waals surface area (Å²) in [7, 11) is 0. The molecule has 1 rings (SSSR count). The molecule has 0 bridgehead atoms. The Balaban J connectivity index is 2.73. The van der Waals surface area contributed by atoms with E-state index in [2.05, 4.69) is 26.0 Å². The van der Waals surface area contributed by atoms with E-state index in [1.165, 1.54) is 0 Å². The highest BCUT2D eigenvalue weighted by atomic mass is 79.9. The van der Waals surface area contributed by atoms with Crippen LogP contribution in [0.2, 0.25) is 0 Å². The molecule has 0 aliphatic heterocycles. The molecule has 2 unspecified atom stereocenters. The van der Waals surface area contributed by atoms with Gasteiger partial charge in [-0.1, -0.05) is 27.1 Å². The molecule has 1 aromatic rings. The molecule has 0 heterocycles. The number of hydrogen-bond acceptors (Lipinski definition) is 3. The van der Waals surface area contributed by atoms with Gasteiger partial charge in [-0.2, -0.15) is 0 Å². The maximum Gasteiger partial charge on any atom is 0.105 e. The van der Waals surface area contributed by atoms with E-state index in [0.717, 1.165) is 10.0 Å². The largest absolute Gasteiger partial charge is 0.390 e. The van der Waals surface area contributed by atoms with Gasteiger partial charge in [0.15, 0.2) is 0 Å². The van der Waals surface area contributed by atoms with Crippen LogP contribution in [-0.2, 0) is 0 Å². The molecule has 17 heavy (non-hydrogen) atoms. The van der Waals surface area contributed by atoms with Gasteiger partial charge in [0.25, 0.3) is 0 Å². The average Bonchev–Trinajstić information content (AvgIpc) is 2.28. The maximum absolute atomic E-state index is 9.96. The molecule has 2 atom stereocenters. The third kappa shape index (κ3) is 4.02. The van der Waals surface area contributed by atoms with Crippen LogP contribution in [0.15, 0.2) is 27.8 Å². The Morgan fingerprint density at radius 1 is 1.47 bits per heavy atom. The minimum absolute atomic E-state index is 0.171. The number of aliphatic hydroxyl groups is 2. The van der Waals surface area contributed by atoms with Crippen LogP contribution in [-0.4, -0.2) is 22.9 Å². The Labute approximate surface area is 108 Å². The third-order valence-electron chi connectivity index (χ3n) is 2.50. The van der Waals surface area contributed by atoms with Gasteiger partial charge in [0.05, 0.1) is 6.10 Å². The molecule has 0 saturated carbocycles. The van der Waals surface area contributed by atoms with E-state index < -0.39 is 12.2 Å². The Kier molecular flexibility index (Phi) is 5.44. The second-order valence-electron chi connectivity index (χ2n) is 3.76. The number of halogens is 1. The summed E-state index contributed by atoms with van der Waals surface area (Å²) < 4.78 is 0.925. The number of hydrogen-bond donors (Lipinski definition) is 2. The van der Waals surface area contributed by atoms with Crippen LogP contribution < -0.4 is 0 Å². The maximum atomic E-state index is 9.96. The van der Waals surface area contributed by atoms with Gasteiger partial charge in [0.1, 0.15) is 6.10 Å². The summed E-state index contributed by atoms with van der Waals surface area (Å²) in [5, 5.41) is 23.0. The Morgan fingerprint density at radius 3 is 2.76 bits per heavy atom. The summed E-state index contributed by atoms with van der Waals surface area (Å²) >= 11 is 3.33. The van der Waals surface area contributed by atoms with E-state index in [-0.39, 0.29) is 13.0 Å². The lowest BCUT2D eigenvalue weighted by Gasteiger charge is -2.19. The van der Waals surface area contributed by atoms with E-state index in [1.54, 1.807) is 6.07 Å². The standard InChI is InChI=1S/C11H14BrN3O2/c1-7-6-8(12)2-3-9(7)11(17)10(16)4-5-14-15-13/h2-3,6,10-11,16-17H,4-5H2,1H3. The van der Waals surface area contributed by atoms with Crippen molar-refractivity contribution in [2.75, 3.05) is 6.54 Å². The molecule has 0 amide bonds. The highest BCUT2D eigenvalue weighted by Crippen LogP contribution is 2.25. The molecular formula is C11H14BrN3O2. The summed E-state index contributed by atoms with van der Waals surface area (Å²) in [6.07, 6.45) is -1.65. The van der Waals surface area contributed by atoms with Crippen molar-refractivity contribution in [3.63, 3.8) is 0 Å². The molecule has 0 aromatic heterocycles. The van der Waals surface area contributed by atoms with Crippen molar-refractivity contribution in [3.8, 4) is 0 Å². The predicted octanol–water partition coefficient (Wildman–Crippen LogP) is 2.85. The molecule has 6 heteroatoms. The van der Waals surface area contributed by atoms with Crippen LogP contribution in [0.4, 0.5) is 0 Å². The van der Waals surface area contributed by atoms with Crippen molar-refractivity contribution >= 4 is 15.9 Å². The molecule has 0 spiro atoms. The third-order valence-corrected chi connectivity index (χ3v) is 3.00. The van der Waals surface area contributed by atoms with E-state index in [9.17, 15) is 10.2 Å². The fourth-order valence-electron chi connectivity index (χ4n) is 1.57. The predicted molar refractivity (Wildman–Crippen MR) is 68.5 cm³/mol. The smallest absolute Gasteiger partial charge is 0.105 e. The van der Waals surface area contributed by atoms with Crippen molar-refractivity contribution in [1.82, 2.24) is 0 Å². The van der Waals surface area contributed by atoms with Crippen molar-refractivity contribution in [1.29, 1.82) is 0 Å². The lowest BCUT2D eigenvalue weighted by molar-refractivity contribution is 0.0147. The minimum Gasteiger partial charge on any atom is -0.390 e. The molecule has 1 aromatic carbocycles. The normalized spacial score (nSPS) is 13.9. The zero-order valence-electron chi connectivity index (χ0n) is 9.41. The molecule has 2 N–H and O–H groups in total. The van der Waals surface area contributed by atoms with Crippen molar-refractivity contribution in [2.45, 2.75) is 25.6 Å². The molecule has 5 nitrogen and oxygen atoms in total. The number of aryl methyl sites for hydroxylation is 1. The first-order valence-corrected chi connectivity index (χ1v) is 5.98. The topological polar surface area (TPSA) is 89.2 Å². The zero-order valence-corrected chi connectivity index (χ0v) is 11.0. The van der Waals surface area contributed by atoms with E-state index in [4.69, 9.17) is 5.53 Å². The van der Waals surface area contributed by atoms with Gasteiger partial charge < -0.3 is 10.2 Å². The molecule has 0 fully saturated rings. The average molecular weight is 300 g/mol. The minimum atomic E-state index is -0.961. The highest BCUT2D eigenvalue weighted by Gasteiger charge is 2.19. The lowest BCUT2D eigenvalue weighted by Crippen LogP contribution is -2.19. The fraction of sp³-hybridized carbons (Fsp3) is 0.455. The van der Waals surface area contributed by atoms with Gasteiger partial charge in [-0.25, -0.2) is 0 Å². The SMILES string of the molecule is Cc1cc(Br)ccc1C(O)C(O)CCN=[N+]=[N-]. The van der Waals surface area contributed by atoms with Crippen molar-refractivity contribution in [2.24, 2.45) is 5.11 Å². The van der Waals surface area contributed by atoms with Gasteiger partial charge in [0.2, 0.25) is 0 Å². The molecule has 92 valence electrons. The summed E-state index contributed by atoms with van der Waals surface area (Å²) in [4.78, 5) is 2.59. The van der Waals surface area contributed by atoms with Crippen molar-refractivity contribution < 1.29 is 10.2 Å². The summed E-state index contributed by atoms with van der Waals surface area (Å²) in [5.74, 6) is 0. The quantitative estimate of drug-likeness (QED) is 0.497. The van der Waals surface area contributed by atoms with E-state index >= 15 is 0 Å². The van der Waals surface area contributed by atoms with Crippen molar-refractivity contribution in [3.05, 3.63) is 44.2 Å². The van der Waals surface area contributed by atoms with Gasteiger partial charge in [-0.15, -0.1) is 0 Å². The van der Waals surface area contributed by atoms with Gasteiger partial charge >= 0.3 is 0 Å². The first kappa shape index (κ1) is 14.0. The molecule has 0 aliphatic rings. The number of azide groups is 1. The molecule has 0 aliphatic carbocycles. The summed E-state index contributed by atoms with van der Waals surface area (Å²) in [6.45, 7) is 2.04. The van der Waals surface area contributed by atoms with Crippen LogP contribution in [0.5, 0.6) is 0 Å². The van der Waals surface area contributed by atoms with Crippen LogP contribution in [0, 0.1) is 6.92 Å². The second-order valence-corrected chi connectivity index (χ2v) is 4.67. The highest BCUT2D eigenvalue weighted by molar-refractivity contribution is 9.10. The van der Waals surface area contributed by atoms with Gasteiger partial charge in [-0.3, -0.25) is 0 Å². The van der Waals surface area contributed by atoms with Crippen LogP contribution >= 0.6 is 15.9 Å². The summed E-state index contributed by atoms with van der Waals surface area (Å²) in [6, 6.07) is 5.45. The van der Waals surface area contributed by atoms with Crippen LogP contribution in [0.25, 0.3) is 10.4 Å². The van der Waals surface area contributed by atoms with Gasteiger partial charge in [-0.05, 0) is 42.1 Å². The number of nitrogens with zero attached hydrogens (tertiary/aromatic N) is 3. The summed E-state index contributed by atoms with van der Waals surface area (Å²) in [5.41, 5.74) is 9.70. The monoisotopic (exact) mass is 299 g/mol. The number of aliphatic hydroxyl groups excluding tert-OH is 2. The first-order valence-electron chi connectivity index (χ1n) is 5.19. The Morgan fingerprint density at radius 2 is 2.18 bits per heavy atom. The Bertz CT molecular complexity index is 433. The first-order chi connectivity index (χ1) is 8.06. The van der Waals surface area contributed by atoms with Crippen LogP contribution in [0.1, 0.15) is 23.7 Å². The second kappa shape index (κ2) is 6.61. The van der Waals surface area contributed by atoms with Gasteiger partial charge in [0, 0.05) is 15.9 Å². The Hall–Kier alpha value is -1.07. The fourth-order valence-corrected chi connectivity index (χ4v) is 2.05. The van der Waals surface area contributed by atoms with Crippen LogP contribution in [0.3, 0.4) is 0 Å². The molecule has 0 saturated heterocycles. The lowest BCUT2D eigenvalue weighted by atomic mass is 9.98. The number of rotatable bonds is 5. The zero-order chi connectivity index (χ0) is 12.8. The molecule has 0 radical (unpaired) electrons. The number of benzene rings is 1. The molecular weight excluding hydrogens is 286 g/mol. The van der Waals surface area contributed by atoms with E-state index in [1.807, 2.05) is 19.1 Å². The van der Waals surface area contributed by atoms with E-state index in [0.29, 0.717) is 5.56 Å².